The molecule has 0 aromatic carbocycles. The first-order valence-corrected chi connectivity index (χ1v) is 9.70. The van der Waals surface area contributed by atoms with E-state index < -0.39 is 0 Å². The highest BCUT2D eigenvalue weighted by Crippen LogP contribution is 2.45. The number of carbonyl (C=O) groups is 1. The highest BCUT2D eigenvalue weighted by atomic mass is 16.3. The summed E-state index contributed by atoms with van der Waals surface area (Å²) in [4.78, 5) is 24.4. The van der Waals surface area contributed by atoms with Crippen molar-refractivity contribution in [3.05, 3.63) is 48.6 Å². The average Bonchev–Trinajstić information content (AvgIpc) is 3.27. The molecular formula is C21H28N4O2. The predicted octanol–water partition coefficient (Wildman–Crippen LogP) is 2.48. The Labute approximate surface area is 160 Å². The molecule has 4 rings (SSSR count). The summed E-state index contributed by atoms with van der Waals surface area (Å²) >= 11 is 0. The smallest absolute Gasteiger partial charge is 0.230 e. The minimum Gasteiger partial charge on any atom is -0.472 e. The zero-order valence-electron chi connectivity index (χ0n) is 16.2. The lowest BCUT2D eigenvalue weighted by molar-refractivity contribution is -0.141. The number of anilines is 1. The second-order valence-corrected chi connectivity index (χ2v) is 8.09. The van der Waals surface area contributed by atoms with E-state index in [9.17, 15) is 4.79 Å². The maximum atomic E-state index is 13.3. The van der Waals surface area contributed by atoms with Gasteiger partial charge in [-0.1, -0.05) is 6.07 Å². The van der Waals surface area contributed by atoms with Crippen molar-refractivity contribution < 1.29 is 9.21 Å². The molecule has 0 aliphatic carbocycles. The lowest BCUT2D eigenvalue weighted by Crippen LogP contribution is -2.47. The van der Waals surface area contributed by atoms with Gasteiger partial charge in [-0.05, 0) is 37.6 Å². The summed E-state index contributed by atoms with van der Waals surface area (Å²) in [7, 11) is 3.76. The molecule has 2 fully saturated rings. The molecule has 4 heterocycles. The Bertz CT molecular complexity index is 762. The Balaban J connectivity index is 1.60. The van der Waals surface area contributed by atoms with Crippen molar-refractivity contribution in [1.29, 1.82) is 0 Å². The molecule has 0 spiro atoms. The molecule has 0 saturated carbocycles. The third-order valence-corrected chi connectivity index (χ3v) is 6.06. The van der Waals surface area contributed by atoms with Gasteiger partial charge in [-0.25, -0.2) is 4.98 Å². The van der Waals surface area contributed by atoms with Crippen molar-refractivity contribution >= 4 is 11.7 Å². The van der Waals surface area contributed by atoms with E-state index in [2.05, 4.69) is 14.8 Å². The summed E-state index contributed by atoms with van der Waals surface area (Å²) in [5, 5.41) is 0. The van der Waals surface area contributed by atoms with Crippen molar-refractivity contribution in [2.45, 2.75) is 19.4 Å². The average molecular weight is 368 g/mol. The number of nitrogens with zero attached hydrogens (tertiary/aromatic N) is 4. The van der Waals surface area contributed by atoms with E-state index >= 15 is 0 Å². The molecule has 27 heavy (non-hydrogen) atoms. The van der Waals surface area contributed by atoms with E-state index in [0.717, 1.165) is 51.4 Å². The largest absolute Gasteiger partial charge is 0.472 e. The topological polar surface area (TPSA) is 52.8 Å². The molecule has 2 aliphatic rings. The summed E-state index contributed by atoms with van der Waals surface area (Å²) in [6.45, 7) is 4.45. The minimum absolute atomic E-state index is 0.260. The van der Waals surface area contributed by atoms with Gasteiger partial charge in [-0.3, -0.25) is 9.69 Å². The van der Waals surface area contributed by atoms with Gasteiger partial charge in [-0.15, -0.1) is 0 Å². The van der Waals surface area contributed by atoms with E-state index in [1.807, 2.05) is 50.8 Å². The SMILES string of the molecule is CN(C)C(=O)[C@]12CCCN(Cc3ccoc3)C[C@H]1CN(c1ccccn1)C2. The minimum atomic E-state index is -0.327. The second kappa shape index (κ2) is 7.35. The van der Waals surface area contributed by atoms with Crippen LogP contribution >= 0.6 is 0 Å². The maximum absolute atomic E-state index is 13.3. The van der Waals surface area contributed by atoms with Crippen molar-refractivity contribution in [2.24, 2.45) is 11.3 Å². The Hall–Kier alpha value is -2.34. The van der Waals surface area contributed by atoms with Crippen LogP contribution in [0.4, 0.5) is 5.82 Å². The van der Waals surface area contributed by atoms with Crippen LogP contribution in [0.5, 0.6) is 0 Å². The number of amides is 1. The lowest BCUT2D eigenvalue weighted by atomic mass is 9.74. The van der Waals surface area contributed by atoms with E-state index in [0.29, 0.717) is 5.92 Å². The third-order valence-electron chi connectivity index (χ3n) is 6.06. The van der Waals surface area contributed by atoms with Gasteiger partial charge in [-0.2, -0.15) is 0 Å². The van der Waals surface area contributed by atoms with Gasteiger partial charge in [0.2, 0.25) is 5.91 Å². The molecule has 0 N–H and O–H groups in total. The predicted molar refractivity (Wildman–Crippen MR) is 104 cm³/mol. The molecule has 0 radical (unpaired) electrons. The van der Waals surface area contributed by atoms with Crippen LogP contribution in [0.1, 0.15) is 18.4 Å². The highest BCUT2D eigenvalue weighted by Gasteiger charge is 2.53. The molecule has 2 aliphatic heterocycles. The van der Waals surface area contributed by atoms with Crippen molar-refractivity contribution in [2.75, 3.05) is 45.2 Å². The lowest BCUT2D eigenvalue weighted by Gasteiger charge is -2.34. The fourth-order valence-corrected chi connectivity index (χ4v) is 4.81. The fraction of sp³-hybridized carbons (Fsp3) is 0.524. The summed E-state index contributed by atoms with van der Waals surface area (Å²) in [5.41, 5.74) is 0.868. The van der Waals surface area contributed by atoms with Gasteiger partial charge >= 0.3 is 0 Å². The van der Waals surface area contributed by atoms with Gasteiger partial charge < -0.3 is 14.2 Å². The zero-order valence-corrected chi connectivity index (χ0v) is 16.2. The van der Waals surface area contributed by atoms with Gasteiger partial charge in [0.15, 0.2) is 0 Å². The number of fused-ring (bicyclic) bond motifs is 1. The van der Waals surface area contributed by atoms with Crippen LogP contribution < -0.4 is 4.90 Å². The van der Waals surface area contributed by atoms with Gasteiger partial charge in [0, 0.05) is 58.0 Å². The Morgan fingerprint density at radius 2 is 2.22 bits per heavy atom. The van der Waals surface area contributed by atoms with E-state index in [4.69, 9.17) is 4.42 Å². The molecule has 6 heteroatoms. The first-order chi connectivity index (χ1) is 13.1. The molecule has 2 atom stereocenters. The Morgan fingerprint density at radius 1 is 1.33 bits per heavy atom. The molecule has 6 nitrogen and oxygen atoms in total. The van der Waals surface area contributed by atoms with Crippen LogP contribution in [0, 0.1) is 11.3 Å². The molecular weight excluding hydrogens is 340 g/mol. The van der Waals surface area contributed by atoms with Crippen LogP contribution in [0.25, 0.3) is 0 Å². The first kappa shape index (κ1) is 18.0. The highest BCUT2D eigenvalue weighted by molar-refractivity contribution is 5.84. The number of hydrogen-bond donors (Lipinski definition) is 0. The normalized spacial score (nSPS) is 25.9. The molecule has 144 valence electrons. The van der Waals surface area contributed by atoms with Gasteiger partial charge in [0.25, 0.3) is 0 Å². The maximum Gasteiger partial charge on any atom is 0.230 e. The van der Waals surface area contributed by atoms with Crippen molar-refractivity contribution in [3.8, 4) is 0 Å². The Morgan fingerprint density at radius 3 is 2.93 bits per heavy atom. The molecule has 0 bridgehead atoms. The Kier molecular flexibility index (Phi) is 4.91. The number of carbonyl (C=O) groups excluding carboxylic acids is 1. The molecule has 2 aromatic heterocycles. The van der Waals surface area contributed by atoms with Crippen molar-refractivity contribution in [3.63, 3.8) is 0 Å². The van der Waals surface area contributed by atoms with Crippen molar-refractivity contribution in [1.82, 2.24) is 14.8 Å². The zero-order chi connectivity index (χ0) is 18.9. The number of likely N-dealkylation sites (tertiary alicyclic amines) is 1. The van der Waals surface area contributed by atoms with Crippen LogP contribution in [0.2, 0.25) is 0 Å². The quantitative estimate of drug-likeness (QED) is 0.830. The summed E-state index contributed by atoms with van der Waals surface area (Å²) < 4.78 is 5.23. The van der Waals surface area contributed by atoms with E-state index in [1.165, 1.54) is 5.56 Å². The summed E-state index contributed by atoms with van der Waals surface area (Å²) in [6, 6.07) is 8.02. The monoisotopic (exact) mass is 368 g/mol. The second-order valence-electron chi connectivity index (χ2n) is 8.09. The molecule has 1 amide bonds. The van der Waals surface area contributed by atoms with Crippen LogP contribution in [-0.2, 0) is 11.3 Å². The van der Waals surface area contributed by atoms with Crippen LogP contribution in [0.3, 0.4) is 0 Å². The number of aromatic nitrogens is 1. The van der Waals surface area contributed by atoms with Gasteiger partial charge in [0.05, 0.1) is 17.9 Å². The van der Waals surface area contributed by atoms with Gasteiger partial charge in [0.1, 0.15) is 5.82 Å². The fourth-order valence-electron chi connectivity index (χ4n) is 4.81. The number of rotatable bonds is 4. The number of hydrogen-bond acceptors (Lipinski definition) is 5. The third kappa shape index (κ3) is 3.46. The first-order valence-electron chi connectivity index (χ1n) is 9.70. The summed E-state index contributed by atoms with van der Waals surface area (Å²) in [6.07, 6.45) is 7.34. The molecule has 0 unspecified atom stereocenters. The number of pyridine rings is 1. The summed E-state index contributed by atoms with van der Waals surface area (Å²) in [5.74, 6) is 1.53. The van der Waals surface area contributed by atoms with Crippen LogP contribution in [0.15, 0.2) is 47.4 Å². The van der Waals surface area contributed by atoms with E-state index in [-0.39, 0.29) is 11.3 Å². The molecule has 2 aromatic rings. The van der Waals surface area contributed by atoms with Crippen LogP contribution in [-0.4, -0.2) is 61.0 Å². The molecule has 2 saturated heterocycles. The van der Waals surface area contributed by atoms with E-state index in [1.54, 1.807) is 11.2 Å². The standard InChI is InChI=1S/C21H28N4O2/c1-23(2)20(26)21-8-5-10-24(12-17-7-11-27-15-17)13-18(21)14-25(16-21)19-6-3-4-9-22-19/h3-4,6-7,9,11,15,18H,5,8,10,12-14,16H2,1-2H3/t18-,21-/m0/s1. The number of furan rings is 1.